The molecule has 112 valence electrons. The summed E-state index contributed by atoms with van der Waals surface area (Å²) in [7, 11) is 0. The zero-order valence-corrected chi connectivity index (χ0v) is 13.0. The van der Waals surface area contributed by atoms with Gasteiger partial charge >= 0.3 is 0 Å². The average molecular weight is 329 g/mol. The molecule has 0 amide bonds. The molecular formula is C16H15Cl2FO2. The van der Waals surface area contributed by atoms with Gasteiger partial charge in [-0.2, -0.15) is 0 Å². The highest BCUT2D eigenvalue weighted by Crippen LogP contribution is 2.30. The molecule has 2 aromatic rings. The van der Waals surface area contributed by atoms with Crippen LogP contribution in [0.25, 0.3) is 0 Å². The number of halogens is 3. The minimum absolute atomic E-state index is 0.100. The maximum Gasteiger partial charge on any atom is 0.161 e. The SMILES string of the molecule is CCOc1cc(CCl)ccc1OCc1ccc(Cl)cc1F. The summed E-state index contributed by atoms with van der Waals surface area (Å²) in [4.78, 5) is 0. The average Bonchev–Trinajstić information content (AvgIpc) is 2.47. The van der Waals surface area contributed by atoms with Gasteiger partial charge in [0.15, 0.2) is 11.5 Å². The molecule has 0 aliphatic rings. The van der Waals surface area contributed by atoms with E-state index in [0.29, 0.717) is 34.6 Å². The monoisotopic (exact) mass is 328 g/mol. The molecule has 0 bridgehead atoms. The summed E-state index contributed by atoms with van der Waals surface area (Å²) in [6.07, 6.45) is 0. The molecule has 0 radical (unpaired) electrons. The van der Waals surface area contributed by atoms with Crippen LogP contribution >= 0.6 is 23.2 Å². The molecule has 0 aromatic heterocycles. The number of hydrogen-bond acceptors (Lipinski definition) is 2. The first-order chi connectivity index (χ1) is 10.1. The predicted molar refractivity (Wildman–Crippen MR) is 82.9 cm³/mol. The molecule has 0 unspecified atom stereocenters. The Labute approximate surface area is 133 Å². The van der Waals surface area contributed by atoms with E-state index >= 15 is 0 Å². The lowest BCUT2D eigenvalue weighted by Crippen LogP contribution is -2.01. The van der Waals surface area contributed by atoms with E-state index in [-0.39, 0.29) is 6.61 Å². The van der Waals surface area contributed by atoms with Crippen LogP contribution in [0.4, 0.5) is 4.39 Å². The van der Waals surface area contributed by atoms with Crippen molar-refractivity contribution in [1.29, 1.82) is 0 Å². The van der Waals surface area contributed by atoms with Crippen LogP contribution in [-0.2, 0) is 12.5 Å². The highest BCUT2D eigenvalue weighted by molar-refractivity contribution is 6.30. The highest BCUT2D eigenvalue weighted by atomic mass is 35.5. The molecule has 5 heteroatoms. The summed E-state index contributed by atoms with van der Waals surface area (Å²) in [5, 5.41) is 0.359. The maximum absolute atomic E-state index is 13.7. The van der Waals surface area contributed by atoms with Crippen LogP contribution in [-0.4, -0.2) is 6.61 Å². The molecule has 2 aromatic carbocycles. The van der Waals surface area contributed by atoms with Crippen molar-refractivity contribution in [2.24, 2.45) is 0 Å². The minimum atomic E-state index is -0.391. The van der Waals surface area contributed by atoms with E-state index in [0.717, 1.165) is 5.56 Å². The molecular weight excluding hydrogens is 314 g/mol. The lowest BCUT2D eigenvalue weighted by Gasteiger charge is -2.13. The van der Waals surface area contributed by atoms with E-state index in [4.69, 9.17) is 32.7 Å². The van der Waals surface area contributed by atoms with Gasteiger partial charge < -0.3 is 9.47 Å². The fraction of sp³-hybridized carbons (Fsp3) is 0.250. The highest BCUT2D eigenvalue weighted by Gasteiger charge is 2.09. The van der Waals surface area contributed by atoms with E-state index in [1.54, 1.807) is 18.2 Å². The van der Waals surface area contributed by atoms with Gasteiger partial charge in [-0.05, 0) is 36.8 Å². The fourth-order valence-corrected chi connectivity index (χ4v) is 2.14. The van der Waals surface area contributed by atoms with Crippen LogP contribution in [0.2, 0.25) is 5.02 Å². The summed E-state index contributed by atoms with van der Waals surface area (Å²) in [5.41, 5.74) is 1.37. The Morgan fingerprint density at radius 3 is 2.52 bits per heavy atom. The van der Waals surface area contributed by atoms with Gasteiger partial charge in [-0.3, -0.25) is 0 Å². The van der Waals surface area contributed by atoms with E-state index in [2.05, 4.69) is 0 Å². The summed E-state index contributed by atoms with van der Waals surface area (Å²) < 4.78 is 24.9. The molecule has 0 saturated carbocycles. The van der Waals surface area contributed by atoms with Crippen LogP contribution in [0.15, 0.2) is 36.4 Å². The maximum atomic E-state index is 13.7. The van der Waals surface area contributed by atoms with Gasteiger partial charge in [0.1, 0.15) is 12.4 Å². The zero-order chi connectivity index (χ0) is 15.2. The van der Waals surface area contributed by atoms with Crippen LogP contribution in [0.5, 0.6) is 11.5 Å². The van der Waals surface area contributed by atoms with Crippen LogP contribution in [0, 0.1) is 5.82 Å². The third-order valence-electron chi connectivity index (χ3n) is 2.86. The van der Waals surface area contributed by atoms with Crippen molar-refractivity contribution in [1.82, 2.24) is 0 Å². The van der Waals surface area contributed by atoms with Gasteiger partial charge in [0.05, 0.1) is 6.61 Å². The van der Waals surface area contributed by atoms with Gasteiger partial charge in [-0.15, -0.1) is 11.6 Å². The first-order valence-corrected chi connectivity index (χ1v) is 7.43. The smallest absolute Gasteiger partial charge is 0.161 e. The molecule has 0 saturated heterocycles. The van der Waals surface area contributed by atoms with Gasteiger partial charge in [0.25, 0.3) is 0 Å². The van der Waals surface area contributed by atoms with Crippen LogP contribution < -0.4 is 9.47 Å². The largest absolute Gasteiger partial charge is 0.490 e. The Bertz CT molecular complexity index is 617. The Hall–Kier alpha value is -1.45. The lowest BCUT2D eigenvalue weighted by atomic mass is 10.2. The quantitative estimate of drug-likeness (QED) is 0.679. The molecule has 2 rings (SSSR count). The third-order valence-corrected chi connectivity index (χ3v) is 3.40. The van der Waals surface area contributed by atoms with Crippen molar-refractivity contribution in [2.75, 3.05) is 6.61 Å². The molecule has 0 N–H and O–H groups in total. The normalized spacial score (nSPS) is 10.5. The van der Waals surface area contributed by atoms with E-state index < -0.39 is 5.82 Å². The molecule has 0 atom stereocenters. The lowest BCUT2D eigenvalue weighted by molar-refractivity contribution is 0.265. The Morgan fingerprint density at radius 2 is 1.86 bits per heavy atom. The number of benzene rings is 2. The second kappa shape index (κ2) is 7.53. The van der Waals surface area contributed by atoms with E-state index in [1.807, 2.05) is 19.1 Å². The molecule has 0 fully saturated rings. The zero-order valence-electron chi connectivity index (χ0n) is 11.5. The second-order valence-corrected chi connectivity index (χ2v) is 5.08. The minimum Gasteiger partial charge on any atom is -0.490 e. The Balaban J connectivity index is 2.15. The standard InChI is InChI=1S/C16H15Cl2FO2/c1-2-20-16-7-11(9-17)3-6-15(16)21-10-12-4-5-13(18)8-14(12)19/h3-8H,2,9-10H2,1H3. The Morgan fingerprint density at radius 1 is 1.05 bits per heavy atom. The molecule has 2 nitrogen and oxygen atoms in total. The molecule has 0 heterocycles. The van der Waals surface area contributed by atoms with Crippen LogP contribution in [0.3, 0.4) is 0 Å². The van der Waals surface area contributed by atoms with Gasteiger partial charge in [0.2, 0.25) is 0 Å². The number of hydrogen-bond donors (Lipinski definition) is 0. The molecule has 0 aliphatic carbocycles. The molecule has 0 spiro atoms. The van der Waals surface area contributed by atoms with E-state index in [1.165, 1.54) is 6.07 Å². The Kier molecular flexibility index (Phi) is 5.71. The van der Waals surface area contributed by atoms with Gasteiger partial charge in [0, 0.05) is 16.5 Å². The number of alkyl halides is 1. The summed E-state index contributed by atoms with van der Waals surface area (Å²) in [5.74, 6) is 1.16. The summed E-state index contributed by atoms with van der Waals surface area (Å²) in [6, 6.07) is 9.94. The molecule has 21 heavy (non-hydrogen) atoms. The van der Waals surface area contributed by atoms with Crippen molar-refractivity contribution in [3.8, 4) is 11.5 Å². The van der Waals surface area contributed by atoms with Crippen molar-refractivity contribution in [2.45, 2.75) is 19.4 Å². The second-order valence-electron chi connectivity index (χ2n) is 4.37. The predicted octanol–water partition coefficient (Wildman–Crippen LogP) is 5.20. The van der Waals surface area contributed by atoms with Crippen LogP contribution in [0.1, 0.15) is 18.1 Å². The first-order valence-electron chi connectivity index (χ1n) is 6.52. The van der Waals surface area contributed by atoms with Crippen molar-refractivity contribution in [3.63, 3.8) is 0 Å². The van der Waals surface area contributed by atoms with Crippen molar-refractivity contribution < 1.29 is 13.9 Å². The van der Waals surface area contributed by atoms with Crippen molar-refractivity contribution >= 4 is 23.2 Å². The van der Waals surface area contributed by atoms with Gasteiger partial charge in [-0.25, -0.2) is 4.39 Å². The summed E-state index contributed by atoms with van der Waals surface area (Å²) >= 11 is 11.5. The first kappa shape index (κ1) is 15.9. The van der Waals surface area contributed by atoms with Gasteiger partial charge in [-0.1, -0.05) is 23.7 Å². The third kappa shape index (κ3) is 4.26. The summed E-state index contributed by atoms with van der Waals surface area (Å²) in [6.45, 7) is 2.50. The molecule has 0 aliphatic heterocycles. The fourth-order valence-electron chi connectivity index (χ4n) is 1.82. The number of rotatable bonds is 6. The topological polar surface area (TPSA) is 18.5 Å². The van der Waals surface area contributed by atoms with Crippen molar-refractivity contribution in [3.05, 3.63) is 58.4 Å². The van der Waals surface area contributed by atoms with E-state index in [9.17, 15) is 4.39 Å². The number of ether oxygens (including phenoxy) is 2.